The Labute approximate surface area is 462 Å². The van der Waals surface area contributed by atoms with Crippen molar-refractivity contribution in [1.82, 2.24) is 14.9 Å². The third-order valence-corrected chi connectivity index (χ3v) is 16.5. The molecule has 2 unspecified atom stereocenters. The number of aliphatic hydroxyl groups is 2. The summed E-state index contributed by atoms with van der Waals surface area (Å²) in [4.78, 5) is 51.7. The first-order valence-corrected chi connectivity index (χ1v) is 29.5. The van der Waals surface area contributed by atoms with E-state index < -0.39 is 66.3 Å². The normalized spacial score (nSPS) is 21.8. The molecule has 7 rings (SSSR count). The van der Waals surface area contributed by atoms with Crippen LogP contribution in [0.5, 0.6) is 11.5 Å². The summed E-state index contributed by atoms with van der Waals surface area (Å²) in [6, 6.07) is 21.1. The second-order valence-electron chi connectivity index (χ2n) is 19.3. The van der Waals surface area contributed by atoms with Gasteiger partial charge in [0.05, 0.1) is 75.4 Å². The fourth-order valence-electron chi connectivity index (χ4n) is 8.64. The number of carbonyl (C=O) groups excluding carboxylic acids is 4. The average Bonchev–Trinajstić information content (AvgIpc) is 4.26. The molecule has 1 amide bonds. The number of carboxylic acids is 1. The van der Waals surface area contributed by atoms with E-state index in [1.165, 1.54) is 30.5 Å². The van der Waals surface area contributed by atoms with Gasteiger partial charge in [0.2, 0.25) is 10.0 Å². The molecule has 4 heterocycles. The number of carboxylic acid groups (broad SMARTS) is 1. The van der Waals surface area contributed by atoms with E-state index in [2.05, 4.69) is 10.6 Å². The lowest BCUT2D eigenvalue weighted by Gasteiger charge is -2.31. The van der Waals surface area contributed by atoms with Gasteiger partial charge in [0.1, 0.15) is 17.6 Å². The van der Waals surface area contributed by atoms with Gasteiger partial charge in [0.15, 0.2) is 18.7 Å². The maximum Gasteiger partial charge on any atom is 0.407 e. The number of amides is 1. The van der Waals surface area contributed by atoms with Crippen molar-refractivity contribution in [3.05, 3.63) is 90.0 Å². The van der Waals surface area contributed by atoms with Crippen LogP contribution in [0.3, 0.4) is 0 Å². The van der Waals surface area contributed by atoms with Gasteiger partial charge in [-0.2, -0.15) is 13.9 Å². The molecule has 0 bridgehead atoms. The Hall–Kier alpha value is -5.33. The number of alkyl carbamates (subject to hydrolysis) is 1. The van der Waals surface area contributed by atoms with Crippen LogP contribution in [0.1, 0.15) is 77.8 Å². The van der Waals surface area contributed by atoms with Crippen LogP contribution in [0.2, 0.25) is 0 Å². The van der Waals surface area contributed by atoms with Gasteiger partial charge < -0.3 is 63.6 Å². The van der Waals surface area contributed by atoms with Gasteiger partial charge in [-0.1, -0.05) is 69.7 Å². The summed E-state index contributed by atoms with van der Waals surface area (Å²) < 4.78 is 91.8. The molecule has 3 aromatic rings. The average molecular weight is 1150 g/mol. The number of sulfonamides is 1. The minimum atomic E-state index is -4.05. The van der Waals surface area contributed by atoms with Gasteiger partial charge in [0, 0.05) is 38.5 Å². The monoisotopic (exact) mass is 1150 g/mol. The van der Waals surface area contributed by atoms with Crippen LogP contribution in [-0.4, -0.2) is 161 Å². The number of aliphatic carboxylic acids is 1. The predicted molar refractivity (Wildman–Crippen MR) is 284 cm³/mol. The minimum absolute atomic E-state index is 0.0333. The second-order valence-corrected chi connectivity index (χ2v) is 23.3. The topological polar surface area (TPSA) is 308 Å². The lowest BCUT2D eigenvalue weighted by atomic mass is 10.00. The Kier molecular flexibility index (Phi) is 28.5. The number of benzene rings is 3. The molecule has 0 spiro atoms. The minimum Gasteiger partial charge on any atom is -0.497 e. The molecule has 79 heavy (non-hydrogen) atoms. The highest BCUT2D eigenvalue weighted by atomic mass is 32.2. The molecular formula is C54H78N3O20PS. The fraction of sp³-hybridized carbons (Fsp3) is 0.593. The fourth-order valence-corrected chi connectivity index (χ4v) is 11.9. The summed E-state index contributed by atoms with van der Waals surface area (Å²) >= 11 is 0. The zero-order valence-electron chi connectivity index (χ0n) is 45.7. The molecule has 0 radical (unpaired) electrons. The second kappa shape index (κ2) is 34.1. The van der Waals surface area contributed by atoms with Crippen molar-refractivity contribution < 1.29 is 94.5 Å². The molecule has 4 aliphatic heterocycles. The van der Waals surface area contributed by atoms with E-state index in [9.17, 15) is 37.6 Å². The van der Waals surface area contributed by atoms with Crippen LogP contribution in [0.4, 0.5) is 4.79 Å². The molecule has 0 aliphatic carbocycles. The molecule has 4 aliphatic rings. The molecule has 10 atom stereocenters. The molecule has 0 saturated carbocycles. The predicted octanol–water partition coefficient (Wildman–Crippen LogP) is 5.55. The van der Waals surface area contributed by atoms with Crippen LogP contribution in [0.25, 0.3) is 0 Å². The van der Waals surface area contributed by atoms with Gasteiger partial charge in [-0.3, -0.25) is 9.32 Å². The summed E-state index contributed by atoms with van der Waals surface area (Å²) in [5.74, 6) is -0.405. The first-order valence-electron chi connectivity index (χ1n) is 26.4. The number of rotatable bonds is 26. The number of unbranched alkanes of at least 4 members (excludes halogenated alkanes) is 1. The first-order chi connectivity index (χ1) is 37.8. The number of nitrogens with zero attached hydrogens (tertiary/aromatic N) is 1. The van der Waals surface area contributed by atoms with Crippen LogP contribution in [-0.2, 0) is 79.7 Å². The molecule has 4 fully saturated rings. The van der Waals surface area contributed by atoms with Crippen LogP contribution >= 0.6 is 7.60 Å². The van der Waals surface area contributed by atoms with Gasteiger partial charge in [-0.15, -0.1) is 0 Å². The highest BCUT2D eigenvalue weighted by Gasteiger charge is 2.44. The van der Waals surface area contributed by atoms with Crippen molar-refractivity contribution in [2.45, 2.75) is 128 Å². The quantitative estimate of drug-likeness (QED) is 0.0374. The lowest BCUT2D eigenvalue weighted by molar-refractivity contribution is -0.191. The number of fused-ring (bicyclic) bond motifs is 2. The number of nitrogens with one attached hydrogen (secondary N) is 2. The molecular weight excluding hydrogens is 1070 g/mol. The number of methoxy groups -OCH3 is 1. The Balaban J connectivity index is 0.000000594. The van der Waals surface area contributed by atoms with E-state index in [-0.39, 0.29) is 86.6 Å². The number of ether oxygens (including phenoxy) is 7. The number of hydrogen-bond acceptors (Lipinski definition) is 20. The highest BCUT2D eigenvalue weighted by Crippen LogP contribution is 2.49. The zero-order chi connectivity index (χ0) is 58.0. The van der Waals surface area contributed by atoms with E-state index in [4.69, 9.17) is 56.9 Å². The molecule has 25 heteroatoms. The molecule has 5 N–H and O–H groups in total. The number of hydrogen-bond donors (Lipinski definition) is 5. The summed E-state index contributed by atoms with van der Waals surface area (Å²) in [6.07, 6.45) is -0.448. The first kappa shape index (κ1) is 66.2. The zero-order valence-corrected chi connectivity index (χ0v) is 47.4. The number of aliphatic hydroxyl groups excluding tert-OH is 2. The third-order valence-electron chi connectivity index (χ3n) is 12.7. The van der Waals surface area contributed by atoms with Crippen molar-refractivity contribution >= 4 is 41.8 Å². The highest BCUT2D eigenvalue weighted by molar-refractivity contribution is 7.89. The molecule has 23 nitrogen and oxygen atoms in total. The van der Waals surface area contributed by atoms with E-state index in [1.54, 1.807) is 49.4 Å². The molecule has 4 saturated heterocycles. The smallest absolute Gasteiger partial charge is 0.407 e. The number of esters is 1. The lowest BCUT2D eigenvalue weighted by Crippen LogP contribution is -2.51. The summed E-state index contributed by atoms with van der Waals surface area (Å²) in [7, 11) is -6.36. The van der Waals surface area contributed by atoms with E-state index in [1.807, 2.05) is 45.0 Å². The van der Waals surface area contributed by atoms with Crippen LogP contribution < -0.4 is 19.9 Å². The summed E-state index contributed by atoms with van der Waals surface area (Å²) in [5, 5.41) is 35.1. The maximum absolute atomic E-state index is 13.9. The Morgan fingerprint density at radius 2 is 1.47 bits per heavy atom. The Morgan fingerprint density at radius 1 is 0.848 bits per heavy atom. The van der Waals surface area contributed by atoms with Gasteiger partial charge >= 0.3 is 31.8 Å². The van der Waals surface area contributed by atoms with Crippen LogP contribution in [0.15, 0.2) is 83.8 Å². The van der Waals surface area contributed by atoms with E-state index in [0.29, 0.717) is 44.1 Å². The molecule has 440 valence electrons. The van der Waals surface area contributed by atoms with Crippen molar-refractivity contribution in [3.8, 4) is 11.5 Å². The Bertz CT molecular complexity index is 2490. The maximum atomic E-state index is 13.9. The van der Waals surface area contributed by atoms with E-state index >= 15 is 0 Å². The molecule has 3 aromatic carbocycles. The number of para-hydroxylation sites is 1. The van der Waals surface area contributed by atoms with Gasteiger partial charge in [-0.05, 0) is 93.0 Å². The van der Waals surface area contributed by atoms with Crippen molar-refractivity contribution in [2.24, 2.45) is 17.8 Å². The third kappa shape index (κ3) is 22.3. The Morgan fingerprint density at radius 3 is 2.05 bits per heavy atom. The number of carbonyl (C=O) groups is 3. The van der Waals surface area contributed by atoms with Gasteiger partial charge in [0.25, 0.3) is 0 Å². The largest absolute Gasteiger partial charge is 0.497 e. The van der Waals surface area contributed by atoms with Crippen molar-refractivity contribution in [3.63, 3.8) is 0 Å². The standard InChI is InChI=1S/C42H58N3O13PS.C6H10O3.C5H10O2.CO2/c1-6-53-40(47)30(4)57-59(49,58-34-10-8-7-9-11-34)23-21-43-25-32-14-12-31(13-15-32)24-37(44-42(48)56-39-28-55-41-36(39)20-22-54-41)38(46)27-45(26-29(2)3)60(50,51)35-18-16-33(52-5)17-19-35;7-5-3-9-6-4(5)1-2-8-6;1-2-3-4-5(6)7;2-1-3/h7-19,29-30,36-39,41,43,46H,6,20-28H2,1-5H3,(H,44,48);4-7H,1-3H2;2-4H2,1H3,(H,6,7);/t30-,36-,37?,38+,39-,41+,59?;4-,5-,6+;;/m00../s1. The van der Waals surface area contributed by atoms with E-state index in [0.717, 1.165) is 37.0 Å². The van der Waals surface area contributed by atoms with Crippen LogP contribution in [0, 0.1) is 17.8 Å². The van der Waals surface area contributed by atoms with Crippen molar-refractivity contribution in [1.29, 1.82) is 0 Å². The summed E-state index contributed by atoms with van der Waals surface area (Å²) in [5.41, 5.74) is 1.64. The summed E-state index contributed by atoms with van der Waals surface area (Å²) in [6.45, 7) is 11.4. The van der Waals surface area contributed by atoms with Crippen molar-refractivity contribution in [2.75, 3.05) is 65.9 Å². The van der Waals surface area contributed by atoms with Gasteiger partial charge in [-0.25, -0.2) is 22.6 Å². The SMILES string of the molecule is CCCCC(=O)O.CCOC(=O)[C@H](C)OP(=O)(CCNCc1ccc(CC(NC(=O)O[C@H]2CO[C@H]3OCC[C@H]32)[C@H](O)CN(CC(C)C)S(=O)(=O)c2ccc(OC)cc2)cc1)Oc1ccccc1.O=C=O.O[C@H]1CO[C@H]2OCC[C@H]21. The molecule has 0 aromatic heterocycles.